The van der Waals surface area contributed by atoms with Crippen LogP contribution in [0, 0.1) is 0 Å². The van der Waals surface area contributed by atoms with Crippen molar-refractivity contribution in [2.24, 2.45) is 0 Å². The molecule has 0 spiro atoms. The van der Waals surface area contributed by atoms with E-state index in [1.54, 1.807) is 6.20 Å². The molecule has 2 N–H and O–H groups in total. The lowest BCUT2D eigenvalue weighted by Gasteiger charge is -2.32. The number of rotatable bonds is 5. The van der Waals surface area contributed by atoms with E-state index in [0.717, 1.165) is 44.0 Å². The fraction of sp³-hybridized carbons (Fsp3) is 0.688. The number of carbonyl (C=O) groups is 2. The number of hydrogen-bond acceptors (Lipinski definition) is 5. The molecule has 8 heteroatoms. The molecule has 2 aliphatic heterocycles. The molecule has 1 atom stereocenters. The van der Waals surface area contributed by atoms with Crippen molar-refractivity contribution in [3.63, 3.8) is 0 Å². The minimum Gasteiger partial charge on any atom is -0.368 e. The molecule has 8 nitrogen and oxygen atoms in total. The molecule has 0 radical (unpaired) electrons. The second-order valence-electron chi connectivity index (χ2n) is 6.39. The number of nitrogens with zero attached hydrogens (tertiary/aromatic N) is 3. The van der Waals surface area contributed by atoms with Crippen LogP contribution in [0.2, 0.25) is 0 Å². The number of morpholine rings is 1. The van der Waals surface area contributed by atoms with Gasteiger partial charge in [0.05, 0.1) is 31.6 Å². The second kappa shape index (κ2) is 7.76. The molecule has 2 fully saturated rings. The lowest BCUT2D eigenvalue weighted by molar-refractivity contribution is -0.133. The normalized spacial score (nSPS) is 21.9. The number of aromatic nitrogens is 2. The summed E-state index contributed by atoms with van der Waals surface area (Å²) in [4.78, 5) is 34.9. The van der Waals surface area contributed by atoms with Gasteiger partial charge in [0, 0.05) is 33.1 Å². The van der Waals surface area contributed by atoms with E-state index in [1.165, 1.54) is 6.92 Å². The molecule has 132 valence electrons. The van der Waals surface area contributed by atoms with Crippen molar-refractivity contribution < 1.29 is 14.3 Å². The van der Waals surface area contributed by atoms with Gasteiger partial charge >= 0.3 is 0 Å². The first-order valence-electron chi connectivity index (χ1n) is 8.52. The van der Waals surface area contributed by atoms with Crippen molar-refractivity contribution in [2.45, 2.75) is 32.4 Å². The largest absolute Gasteiger partial charge is 0.368 e. The van der Waals surface area contributed by atoms with Crippen LogP contribution in [0.1, 0.15) is 37.4 Å². The molecule has 0 bridgehead atoms. The van der Waals surface area contributed by atoms with E-state index in [9.17, 15) is 9.59 Å². The molecule has 3 heterocycles. The zero-order chi connectivity index (χ0) is 16.9. The number of imidazole rings is 1. The van der Waals surface area contributed by atoms with E-state index in [2.05, 4.69) is 20.2 Å². The quantitative estimate of drug-likeness (QED) is 0.793. The van der Waals surface area contributed by atoms with E-state index in [4.69, 9.17) is 4.74 Å². The Morgan fingerprint density at radius 1 is 1.38 bits per heavy atom. The highest BCUT2D eigenvalue weighted by Gasteiger charge is 2.27. The number of aromatic amines is 1. The first-order valence-corrected chi connectivity index (χ1v) is 8.52. The lowest BCUT2D eigenvalue weighted by atomic mass is 10.2. The first kappa shape index (κ1) is 16.9. The van der Waals surface area contributed by atoms with Gasteiger partial charge in [-0.1, -0.05) is 0 Å². The molecule has 0 unspecified atom stereocenters. The second-order valence-corrected chi connectivity index (χ2v) is 6.39. The molecular formula is C16H25N5O3. The molecule has 2 aliphatic rings. The van der Waals surface area contributed by atoms with Gasteiger partial charge in [-0.15, -0.1) is 0 Å². The summed E-state index contributed by atoms with van der Waals surface area (Å²) in [5, 5.41) is 2.73. The van der Waals surface area contributed by atoms with Crippen molar-refractivity contribution >= 4 is 11.8 Å². The fourth-order valence-electron chi connectivity index (χ4n) is 3.12. The summed E-state index contributed by atoms with van der Waals surface area (Å²) in [6.45, 7) is 6.11. The maximum atomic E-state index is 12.3. The van der Waals surface area contributed by atoms with Crippen LogP contribution in [-0.4, -0.2) is 70.9 Å². The van der Waals surface area contributed by atoms with Crippen LogP contribution in [0.3, 0.4) is 0 Å². The van der Waals surface area contributed by atoms with Gasteiger partial charge in [-0.3, -0.25) is 14.5 Å². The summed E-state index contributed by atoms with van der Waals surface area (Å²) in [7, 11) is 0. The maximum absolute atomic E-state index is 12.3. The zero-order valence-electron chi connectivity index (χ0n) is 14.1. The molecule has 0 aliphatic carbocycles. The van der Waals surface area contributed by atoms with Crippen LogP contribution in [0.25, 0.3) is 0 Å². The average Bonchev–Trinajstić information content (AvgIpc) is 3.25. The number of hydrogen-bond donors (Lipinski definition) is 2. The van der Waals surface area contributed by atoms with Gasteiger partial charge in [-0.2, -0.15) is 0 Å². The fourth-order valence-corrected chi connectivity index (χ4v) is 3.12. The van der Waals surface area contributed by atoms with E-state index in [-0.39, 0.29) is 17.9 Å². The molecule has 2 saturated heterocycles. The number of likely N-dealkylation sites (tertiary alicyclic amines) is 1. The van der Waals surface area contributed by atoms with Crippen LogP contribution < -0.4 is 5.32 Å². The van der Waals surface area contributed by atoms with Gasteiger partial charge in [-0.25, -0.2) is 4.98 Å². The smallest absolute Gasteiger partial charge is 0.236 e. The van der Waals surface area contributed by atoms with E-state index < -0.39 is 0 Å². The van der Waals surface area contributed by atoms with Gasteiger partial charge in [0.1, 0.15) is 11.9 Å². The first-order chi connectivity index (χ1) is 11.6. The minimum absolute atomic E-state index is 0.0772. The average molecular weight is 335 g/mol. The number of ether oxygens (including phenoxy) is 1. The number of H-pyrrole nitrogens is 1. The van der Waals surface area contributed by atoms with Gasteiger partial charge < -0.3 is 19.9 Å². The summed E-state index contributed by atoms with van der Waals surface area (Å²) in [5.74, 6) is 0.874. The lowest BCUT2D eigenvalue weighted by Crippen LogP contribution is -2.45. The van der Waals surface area contributed by atoms with Crippen LogP contribution in [0.4, 0.5) is 0 Å². The SMILES string of the molecule is CC(=O)NCc1cnc([C@@H]2CN(CC(=O)N3CCCC3)CCO2)[nH]1. The van der Waals surface area contributed by atoms with Gasteiger partial charge in [0.2, 0.25) is 11.8 Å². The monoisotopic (exact) mass is 335 g/mol. The highest BCUT2D eigenvalue weighted by atomic mass is 16.5. The third-order valence-electron chi connectivity index (χ3n) is 4.45. The highest BCUT2D eigenvalue weighted by Crippen LogP contribution is 2.20. The number of carbonyl (C=O) groups excluding carboxylic acids is 2. The summed E-state index contributed by atoms with van der Waals surface area (Å²) in [6.07, 6.45) is 3.77. The van der Waals surface area contributed by atoms with E-state index >= 15 is 0 Å². The number of nitrogens with one attached hydrogen (secondary N) is 2. The Morgan fingerprint density at radius 2 is 2.17 bits per heavy atom. The third-order valence-corrected chi connectivity index (χ3v) is 4.45. The van der Waals surface area contributed by atoms with Crippen molar-refractivity contribution in [3.05, 3.63) is 17.7 Å². The van der Waals surface area contributed by atoms with Gasteiger partial charge in [0.25, 0.3) is 0 Å². The van der Waals surface area contributed by atoms with E-state index in [0.29, 0.717) is 26.2 Å². The number of amides is 2. The van der Waals surface area contributed by atoms with E-state index in [1.807, 2.05) is 4.90 Å². The molecule has 1 aromatic rings. The van der Waals surface area contributed by atoms with Crippen molar-refractivity contribution in [2.75, 3.05) is 39.3 Å². The highest BCUT2D eigenvalue weighted by molar-refractivity contribution is 5.78. The van der Waals surface area contributed by atoms with Crippen LogP contribution in [0.15, 0.2) is 6.20 Å². The summed E-state index contributed by atoms with van der Waals surface area (Å²) in [5.41, 5.74) is 0.842. The molecule has 3 rings (SSSR count). The molecule has 2 amide bonds. The summed E-state index contributed by atoms with van der Waals surface area (Å²) < 4.78 is 5.79. The summed E-state index contributed by atoms with van der Waals surface area (Å²) in [6, 6.07) is 0. The standard InChI is InChI=1S/C16H25N5O3/c1-12(22)17-8-13-9-18-16(19-13)14-10-20(6-7-24-14)11-15(23)21-4-2-3-5-21/h9,14H,2-8,10-11H2,1H3,(H,17,22)(H,18,19)/t14-/m0/s1. The Morgan fingerprint density at radius 3 is 2.92 bits per heavy atom. The topological polar surface area (TPSA) is 90.6 Å². The minimum atomic E-state index is -0.170. The molecule has 24 heavy (non-hydrogen) atoms. The van der Waals surface area contributed by atoms with Crippen LogP contribution in [0.5, 0.6) is 0 Å². The Kier molecular flexibility index (Phi) is 5.47. The van der Waals surface area contributed by atoms with Crippen molar-refractivity contribution in [1.29, 1.82) is 0 Å². The molecule has 0 saturated carbocycles. The van der Waals surface area contributed by atoms with Crippen LogP contribution in [-0.2, 0) is 20.9 Å². The maximum Gasteiger partial charge on any atom is 0.236 e. The zero-order valence-corrected chi connectivity index (χ0v) is 14.1. The predicted octanol–water partition coefficient (Wildman–Crippen LogP) is 0.0415. The predicted molar refractivity (Wildman–Crippen MR) is 87.1 cm³/mol. The summed E-state index contributed by atoms with van der Waals surface area (Å²) >= 11 is 0. The Balaban J connectivity index is 1.53. The Hall–Kier alpha value is -1.93. The molecule has 0 aromatic carbocycles. The molecule has 1 aromatic heterocycles. The third kappa shape index (κ3) is 4.33. The Labute approximate surface area is 141 Å². The van der Waals surface area contributed by atoms with Crippen molar-refractivity contribution in [1.82, 2.24) is 25.1 Å². The van der Waals surface area contributed by atoms with Gasteiger partial charge in [0.15, 0.2) is 0 Å². The van der Waals surface area contributed by atoms with Crippen LogP contribution >= 0.6 is 0 Å². The molecular weight excluding hydrogens is 310 g/mol. The van der Waals surface area contributed by atoms with Crippen molar-refractivity contribution in [3.8, 4) is 0 Å². The van der Waals surface area contributed by atoms with Gasteiger partial charge in [-0.05, 0) is 12.8 Å². The Bertz CT molecular complexity index is 582.